The van der Waals surface area contributed by atoms with Crippen molar-refractivity contribution in [3.8, 4) is 44.5 Å². The van der Waals surface area contributed by atoms with Gasteiger partial charge in [-0.15, -0.1) is 0 Å². The van der Waals surface area contributed by atoms with E-state index in [1.54, 1.807) is 0 Å². The molecule has 0 N–H and O–H groups in total. The Balaban J connectivity index is 1.12. The fourth-order valence-electron chi connectivity index (χ4n) is 12.8. The summed E-state index contributed by atoms with van der Waals surface area (Å²) in [6.45, 7) is 14.3. The molecule has 0 unspecified atom stereocenters. The highest BCUT2D eigenvalue weighted by molar-refractivity contribution is 5.98. The molecule has 4 aliphatic rings. The summed E-state index contributed by atoms with van der Waals surface area (Å²) in [6, 6.07) is 77.3. The van der Waals surface area contributed by atoms with Gasteiger partial charge in [-0.1, -0.05) is 205 Å². The number of anilines is 3. The lowest BCUT2D eigenvalue weighted by Gasteiger charge is -2.35. The summed E-state index contributed by atoms with van der Waals surface area (Å²) < 4.78 is 0. The SMILES string of the molecule is CCC(C)(C)c1cc(N(c2ccc3c(c2)C2(c4ccccc4-c4ccccc42)c2ccccc2-3)c2ccc3c(c2)C2(c4ccccc4-c4ccccc42)c2ccccc2-3)cc(C(C)(C)CC)c1. The third-order valence-corrected chi connectivity index (χ3v) is 17.0. The summed E-state index contributed by atoms with van der Waals surface area (Å²) in [5.41, 5.74) is 26.7. The topological polar surface area (TPSA) is 3.24 Å². The van der Waals surface area contributed by atoms with Crippen molar-refractivity contribution in [1.29, 1.82) is 0 Å². The largest absolute Gasteiger partial charge is 0.310 e. The van der Waals surface area contributed by atoms with Crippen LogP contribution in [0.3, 0.4) is 0 Å². The van der Waals surface area contributed by atoms with E-state index in [0.717, 1.165) is 24.2 Å². The van der Waals surface area contributed by atoms with E-state index in [4.69, 9.17) is 0 Å². The van der Waals surface area contributed by atoms with Crippen LogP contribution in [0.2, 0.25) is 0 Å². The second-order valence-electron chi connectivity index (χ2n) is 20.8. The van der Waals surface area contributed by atoms with Crippen molar-refractivity contribution in [1.82, 2.24) is 0 Å². The molecule has 4 aliphatic carbocycles. The average Bonchev–Trinajstić information content (AvgIpc) is 4.05. The van der Waals surface area contributed by atoms with Crippen LogP contribution >= 0.6 is 0 Å². The predicted octanol–water partition coefficient (Wildman–Crippen LogP) is 17.2. The summed E-state index contributed by atoms with van der Waals surface area (Å²) in [5.74, 6) is 0. The van der Waals surface area contributed by atoms with Gasteiger partial charge in [-0.25, -0.2) is 0 Å². The summed E-state index contributed by atoms with van der Waals surface area (Å²) in [5, 5.41) is 0. The van der Waals surface area contributed by atoms with E-state index in [-0.39, 0.29) is 10.8 Å². The van der Waals surface area contributed by atoms with Crippen molar-refractivity contribution in [3.05, 3.63) is 256 Å². The van der Waals surface area contributed by atoms with Crippen molar-refractivity contribution in [2.24, 2.45) is 0 Å². The van der Waals surface area contributed by atoms with Crippen LogP contribution in [0.4, 0.5) is 17.1 Å². The molecule has 324 valence electrons. The zero-order valence-electron chi connectivity index (χ0n) is 39.4. The molecule has 2 spiro atoms. The molecular formula is C66H55N. The van der Waals surface area contributed by atoms with Crippen LogP contribution in [0.1, 0.15) is 110 Å². The molecule has 0 aliphatic heterocycles. The van der Waals surface area contributed by atoms with Gasteiger partial charge in [0.2, 0.25) is 0 Å². The average molecular weight is 862 g/mol. The molecule has 9 aromatic carbocycles. The Morgan fingerprint density at radius 1 is 0.299 bits per heavy atom. The number of benzene rings is 9. The number of rotatable bonds is 7. The van der Waals surface area contributed by atoms with Crippen LogP contribution in [-0.2, 0) is 21.7 Å². The maximum Gasteiger partial charge on any atom is 0.0726 e. The van der Waals surface area contributed by atoms with Crippen molar-refractivity contribution < 1.29 is 0 Å². The van der Waals surface area contributed by atoms with Gasteiger partial charge in [-0.05, 0) is 160 Å². The maximum atomic E-state index is 2.61. The molecule has 0 heterocycles. The Kier molecular flexibility index (Phi) is 8.46. The van der Waals surface area contributed by atoms with Gasteiger partial charge in [-0.2, -0.15) is 0 Å². The Morgan fingerprint density at radius 2 is 0.567 bits per heavy atom. The van der Waals surface area contributed by atoms with Gasteiger partial charge in [0.1, 0.15) is 0 Å². The van der Waals surface area contributed by atoms with E-state index in [2.05, 4.69) is 247 Å². The smallest absolute Gasteiger partial charge is 0.0726 e. The van der Waals surface area contributed by atoms with Gasteiger partial charge in [0, 0.05) is 17.1 Å². The molecule has 0 aromatic heterocycles. The van der Waals surface area contributed by atoms with Gasteiger partial charge in [-0.3, -0.25) is 0 Å². The molecule has 1 nitrogen and oxygen atoms in total. The minimum absolute atomic E-state index is 0.0257. The van der Waals surface area contributed by atoms with Gasteiger partial charge >= 0.3 is 0 Å². The highest BCUT2D eigenvalue weighted by Crippen LogP contribution is 2.65. The Hall–Kier alpha value is -7.22. The van der Waals surface area contributed by atoms with E-state index in [1.165, 1.54) is 106 Å². The lowest BCUT2D eigenvalue weighted by atomic mass is 9.70. The predicted molar refractivity (Wildman–Crippen MR) is 280 cm³/mol. The molecule has 67 heavy (non-hydrogen) atoms. The number of nitrogens with zero attached hydrogens (tertiary/aromatic N) is 1. The van der Waals surface area contributed by atoms with Crippen LogP contribution in [0.25, 0.3) is 44.5 Å². The van der Waals surface area contributed by atoms with Gasteiger partial charge in [0.05, 0.1) is 10.8 Å². The minimum atomic E-state index is -0.455. The molecule has 0 amide bonds. The van der Waals surface area contributed by atoms with Gasteiger partial charge in [0.25, 0.3) is 0 Å². The maximum absolute atomic E-state index is 2.61. The van der Waals surface area contributed by atoms with E-state index < -0.39 is 10.8 Å². The number of fused-ring (bicyclic) bond motifs is 20. The zero-order chi connectivity index (χ0) is 45.5. The monoisotopic (exact) mass is 861 g/mol. The molecule has 13 rings (SSSR count). The fraction of sp³-hybridized carbons (Fsp3) is 0.182. The van der Waals surface area contributed by atoms with E-state index >= 15 is 0 Å². The normalized spacial score (nSPS) is 14.8. The van der Waals surface area contributed by atoms with E-state index in [1.807, 2.05) is 0 Å². The quantitative estimate of drug-likeness (QED) is 0.154. The number of hydrogen-bond donors (Lipinski definition) is 0. The van der Waals surface area contributed by atoms with Crippen molar-refractivity contribution in [2.75, 3.05) is 4.90 Å². The van der Waals surface area contributed by atoms with Gasteiger partial charge in [0.15, 0.2) is 0 Å². The lowest BCUT2D eigenvalue weighted by molar-refractivity contribution is 0.489. The van der Waals surface area contributed by atoms with Crippen LogP contribution in [0.5, 0.6) is 0 Å². The van der Waals surface area contributed by atoms with Crippen LogP contribution in [0.15, 0.2) is 200 Å². The fourth-order valence-corrected chi connectivity index (χ4v) is 12.8. The van der Waals surface area contributed by atoms with Crippen molar-refractivity contribution in [2.45, 2.75) is 76.0 Å². The summed E-state index contributed by atoms with van der Waals surface area (Å²) in [4.78, 5) is 2.61. The van der Waals surface area contributed by atoms with Crippen molar-refractivity contribution >= 4 is 17.1 Å². The third-order valence-electron chi connectivity index (χ3n) is 17.0. The Morgan fingerprint density at radius 3 is 0.851 bits per heavy atom. The molecular weight excluding hydrogens is 807 g/mol. The Bertz CT molecular complexity index is 3170. The van der Waals surface area contributed by atoms with Crippen LogP contribution < -0.4 is 4.90 Å². The molecule has 1 heteroatoms. The first-order valence-corrected chi connectivity index (χ1v) is 24.5. The second kappa shape index (κ2) is 14.1. The zero-order valence-corrected chi connectivity index (χ0v) is 39.4. The highest BCUT2D eigenvalue weighted by atomic mass is 15.1. The first-order chi connectivity index (χ1) is 32.6. The first-order valence-electron chi connectivity index (χ1n) is 24.5. The standard InChI is InChI=1S/C66H55N/c1-7-63(3,4)42-37-43(64(5,6)8-2)39-46(38-42)67(44-33-35-53-51-25-13-19-31-59(51)65(61(53)40-44)55-27-15-9-21-47(55)48-22-10-16-28-56(48)65)45-34-36-54-52-26-14-20-32-60(52)66(62(54)41-45)57-29-17-11-23-49(57)50-24-12-18-30-58(50)66/h9-41H,7-8H2,1-6H3. The molecule has 0 atom stereocenters. The van der Waals surface area contributed by atoms with E-state index in [9.17, 15) is 0 Å². The summed E-state index contributed by atoms with van der Waals surface area (Å²) in [6.07, 6.45) is 2.08. The van der Waals surface area contributed by atoms with Crippen molar-refractivity contribution in [3.63, 3.8) is 0 Å². The molecule has 0 saturated carbocycles. The van der Waals surface area contributed by atoms with Crippen LogP contribution in [-0.4, -0.2) is 0 Å². The second-order valence-corrected chi connectivity index (χ2v) is 20.8. The lowest BCUT2D eigenvalue weighted by Crippen LogP contribution is -2.27. The Labute approximate surface area is 396 Å². The molecule has 9 aromatic rings. The summed E-state index contributed by atoms with van der Waals surface area (Å²) in [7, 11) is 0. The minimum Gasteiger partial charge on any atom is -0.310 e. The van der Waals surface area contributed by atoms with Gasteiger partial charge < -0.3 is 4.90 Å². The molecule has 0 saturated heterocycles. The molecule has 0 bridgehead atoms. The molecule has 0 radical (unpaired) electrons. The number of hydrogen-bond acceptors (Lipinski definition) is 1. The van der Waals surface area contributed by atoms with E-state index in [0.29, 0.717) is 0 Å². The van der Waals surface area contributed by atoms with Crippen LogP contribution in [0, 0.1) is 0 Å². The molecule has 0 fully saturated rings. The highest BCUT2D eigenvalue weighted by Gasteiger charge is 2.53. The first kappa shape index (κ1) is 40.1. The summed E-state index contributed by atoms with van der Waals surface area (Å²) >= 11 is 0. The third kappa shape index (κ3) is 5.21.